The van der Waals surface area contributed by atoms with Crippen LogP contribution in [0.15, 0.2) is 23.1 Å². The zero-order valence-electron chi connectivity index (χ0n) is 12.2. The third kappa shape index (κ3) is 3.78. The second-order valence-electron chi connectivity index (χ2n) is 5.04. The monoisotopic (exact) mass is 284 g/mol. The van der Waals surface area contributed by atoms with E-state index < -0.39 is 10.0 Å². The van der Waals surface area contributed by atoms with Gasteiger partial charge in [-0.3, -0.25) is 0 Å². The fourth-order valence-corrected chi connectivity index (χ4v) is 3.50. The Morgan fingerprint density at radius 1 is 1.26 bits per heavy atom. The lowest BCUT2D eigenvalue weighted by molar-refractivity contribution is 0.371. The molecule has 0 saturated heterocycles. The Bertz CT molecular complexity index is 526. The van der Waals surface area contributed by atoms with E-state index in [2.05, 4.69) is 0 Å². The summed E-state index contributed by atoms with van der Waals surface area (Å²) in [7, 11) is -3.42. The second-order valence-corrected chi connectivity index (χ2v) is 6.98. The van der Waals surface area contributed by atoms with Crippen molar-refractivity contribution in [2.45, 2.75) is 32.6 Å². The molecule has 5 heteroatoms. The fourth-order valence-electron chi connectivity index (χ4n) is 1.84. The number of benzene rings is 1. The number of hydrogen-bond donors (Lipinski definition) is 1. The van der Waals surface area contributed by atoms with E-state index in [4.69, 9.17) is 5.73 Å². The minimum Gasteiger partial charge on any atom is -0.330 e. The van der Waals surface area contributed by atoms with Crippen molar-refractivity contribution >= 4 is 10.0 Å². The van der Waals surface area contributed by atoms with Crippen molar-refractivity contribution in [1.82, 2.24) is 4.31 Å². The van der Waals surface area contributed by atoms with Crippen molar-refractivity contribution in [1.29, 1.82) is 0 Å². The van der Waals surface area contributed by atoms with Crippen LogP contribution in [0.4, 0.5) is 0 Å². The topological polar surface area (TPSA) is 63.4 Å². The maximum absolute atomic E-state index is 12.6. The molecule has 1 unspecified atom stereocenters. The van der Waals surface area contributed by atoms with Gasteiger partial charge in [0.05, 0.1) is 4.90 Å². The maximum atomic E-state index is 12.6. The van der Waals surface area contributed by atoms with Gasteiger partial charge in [-0.25, -0.2) is 8.42 Å². The quantitative estimate of drug-likeness (QED) is 0.868. The van der Waals surface area contributed by atoms with Gasteiger partial charge in [-0.05, 0) is 49.6 Å². The van der Waals surface area contributed by atoms with E-state index in [9.17, 15) is 8.42 Å². The lowest BCUT2D eigenvalue weighted by atomic mass is 10.1. The Morgan fingerprint density at radius 2 is 1.89 bits per heavy atom. The molecule has 0 aliphatic rings. The van der Waals surface area contributed by atoms with Crippen LogP contribution < -0.4 is 5.73 Å². The molecule has 108 valence electrons. The van der Waals surface area contributed by atoms with E-state index in [1.54, 1.807) is 12.1 Å². The molecule has 2 N–H and O–H groups in total. The summed E-state index contributed by atoms with van der Waals surface area (Å²) in [5.41, 5.74) is 7.66. The van der Waals surface area contributed by atoms with E-state index >= 15 is 0 Å². The summed E-state index contributed by atoms with van der Waals surface area (Å²) in [5.74, 6) is 0.154. The van der Waals surface area contributed by atoms with Crippen molar-refractivity contribution in [3.8, 4) is 0 Å². The van der Waals surface area contributed by atoms with Gasteiger partial charge in [0.1, 0.15) is 0 Å². The Morgan fingerprint density at radius 3 is 2.37 bits per heavy atom. The second kappa shape index (κ2) is 6.50. The van der Waals surface area contributed by atoms with Crippen molar-refractivity contribution in [2.75, 3.05) is 19.6 Å². The summed E-state index contributed by atoms with van der Waals surface area (Å²) in [4.78, 5) is 0.363. The van der Waals surface area contributed by atoms with E-state index in [1.165, 1.54) is 4.31 Å². The molecular formula is C14H24N2O2S. The predicted octanol–water partition coefficient (Wildman–Crippen LogP) is 1.91. The largest absolute Gasteiger partial charge is 0.330 e. The molecule has 0 heterocycles. The maximum Gasteiger partial charge on any atom is 0.243 e. The first-order valence-corrected chi connectivity index (χ1v) is 8.04. The summed E-state index contributed by atoms with van der Waals surface area (Å²) < 4.78 is 26.6. The van der Waals surface area contributed by atoms with Gasteiger partial charge in [0, 0.05) is 13.1 Å². The zero-order valence-corrected chi connectivity index (χ0v) is 13.0. The van der Waals surface area contributed by atoms with Crippen LogP contribution in [0.3, 0.4) is 0 Å². The van der Waals surface area contributed by atoms with E-state index in [0.29, 0.717) is 24.5 Å². The first kappa shape index (κ1) is 16.1. The molecule has 0 bridgehead atoms. The van der Waals surface area contributed by atoms with Gasteiger partial charge in [-0.15, -0.1) is 0 Å². The number of aryl methyl sites for hydroxylation is 2. The Hall–Kier alpha value is -0.910. The molecule has 0 spiro atoms. The SMILES string of the molecule is CCN(CC(C)CN)S(=O)(=O)c1ccc(C)c(C)c1. The van der Waals surface area contributed by atoms with Crippen molar-refractivity contribution in [2.24, 2.45) is 11.7 Å². The fraction of sp³-hybridized carbons (Fsp3) is 0.571. The summed E-state index contributed by atoms with van der Waals surface area (Å²) in [5, 5.41) is 0. The van der Waals surface area contributed by atoms with Gasteiger partial charge in [-0.2, -0.15) is 4.31 Å². The minimum atomic E-state index is -3.42. The molecule has 0 aromatic heterocycles. The third-order valence-corrected chi connectivity index (χ3v) is 5.32. The molecule has 1 aromatic rings. The Balaban J connectivity index is 3.09. The molecule has 0 saturated carbocycles. The average Bonchev–Trinajstić information content (AvgIpc) is 2.38. The van der Waals surface area contributed by atoms with Crippen LogP contribution in [0.5, 0.6) is 0 Å². The van der Waals surface area contributed by atoms with Crippen LogP contribution in [-0.2, 0) is 10.0 Å². The minimum absolute atomic E-state index is 0.154. The molecule has 0 aliphatic carbocycles. The van der Waals surface area contributed by atoms with Gasteiger partial charge in [0.15, 0.2) is 0 Å². The number of rotatable bonds is 6. The standard InChI is InChI=1S/C14H24N2O2S/c1-5-16(10-11(2)9-15)19(17,18)14-7-6-12(3)13(4)8-14/h6-8,11H,5,9-10,15H2,1-4H3. The summed E-state index contributed by atoms with van der Waals surface area (Å²) >= 11 is 0. The van der Waals surface area contributed by atoms with E-state index in [-0.39, 0.29) is 5.92 Å². The van der Waals surface area contributed by atoms with Gasteiger partial charge in [0.25, 0.3) is 0 Å². The lowest BCUT2D eigenvalue weighted by Gasteiger charge is -2.23. The van der Waals surface area contributed by atoms with Gasteiger partial charge in [0.2, 0.25) is 10.0 Å². The Labute approximate surface area is 116 Å². The van der Waals surface area contributed by atoms with Gasteiger partial charge < -0.3 is 5.73 Å². The number of sulfonamides is 1. The highest BCUT2D eigenvalue weighted by atomic mass is 32.2. The molecule has 19 heavy (non-hydrogen) atoms. The normalized spacial score (nSPS) is 13.8. The summed E-state index contributed by atoms with van der Waals surface area (Å²) in [6.45, 7) is 9.11. The van der Waals surface area contributed by atoms with E-state index in [1.807, 2.05) is 33.8 Å². The number of nitrogens with zero attached hydrogens (tertiary/aromatic N) is 1. The molecule has 0 fully saturated rings. The van der Waals surface area contributed by atoms with Gasteiger partial charge >= 0.3 is 0 Å². The van der Waals surface area contributed by atoms with Crippen LogP contribution in [-0.4, -0.2) is 32.4 Å². The summed E-state index contributed by atoms with van der Waals surface area (Å²) in [6.07, 6.45) is 0. The molecule has 1 aromatic carbocycles. The van der Waals surface area contributed by atoms with Crippen LogP contribution in [0.25, 0.3) is 0 Å². The molecule has 4 nitrogen and oxygen atoms in total. The molecule has 0 amide bonds. The van der Waals surface area contributed by atoms with Gasteiger partial charge in [-0.1, -0.05) is 19.9 Å². The van der Waals surface area contributed by atoms with E-state index in [0.717, 1.165) is 11.1 Å². The van der Waals surface area contributed by atoms with Crippen LogP contribution in [0.1, 0.15) is 25.0 Å². The van der Waals surface area contributed by atoms with Crippen molar-refractivity contribution in [3.05, 3.63) is 29.3 Å². The van der Waals surface area contributed by atoms with Crippen LogP contribution >= 0.6 is 0 Å². The predicted molar refractivity (Wildman–Crippen MR) is 78.6 cm³/mol. The molecule has 0 radical (unpaired) electrons. The van der Waals surface area contributed by atoms with Crippen LogP contribution in [0.2, 0.25) is 0 Å². The van der Waals surface area contributed by atoms with Crippen molar-refractivity contribution < 1.29 is 8.42 Å². The molecule has 0 aliphatic heterocycles. The highest BCUT2D eigenvalue weighted by molar-refractivity contribution is 7.89. The first-order valence-electron chi connectivity index (χ1n) is 6.60. The highest BCUT2D eigenvalue weighted by Gasteiger charge is 2.24. The molecular weight excluding hydrogens is 260 g/mol. The molecule has 1 rings (SSSR count). The first-order chi connectivity index (χ1) is 8.82. The lowest BCUT2D eigenvalue weighted by Crippen LogP contribution is -2.36. The number of nitrogens with two attached hydrogens (primary N) is 1. The Kier molecular flexibility index (Phi) is 5.52. The highest BCUT2D eigenvalue weighted by Crippen LogP contribution is 2.19. The summed E-state index contributed by atoms with van der Waals surface area (Å²) in [6, 6.07) is 5.26. The zero-order chi connectivity index (χ0) is 14.6. The molecule has 1 atom stereocenters. The average molecular weight is 284 g/mol. The smallest absolute Gasteiger partial charge is 0.243 e. The van der Waals surface area contributed by atoms with Crippen LogP contribution in [0, 0.1) is 19.8 Å². The third-order valence-electron chi connectivity index (χ3n) is 3.39. The van der Waals surface area contributed by atoms with Crippen molar-refractivity contribution in [3.63, 3.8) is 0 Å². The number of hydrogen-bond acceptors (Lipinski definition) is 3.